The Hall–Kier alpha value is -2.02. The molecule has 1 fully saturated rings. The lowest BCUT2D eigenvalue weighted by Crippen LogP contribution is -2.44. The first kappa shape index (κ1) is 23.3. The Bertz CT molecular complexity index is 717. The summed E-state index contributed by atoms with van der Waals surface area (Å²) in [4.78, 5) is 39.7. The summed E-state index contributed by atoms with van der Waals surface area (Å²) in [5, 5.41) is 2.83. The van der Waals surface area contributed by atoms with E-state index < -0.39 is 12.1 Å². The van der Waals surface area contributed by atoms with E-state index in [-0.39, 0.29) is 29.7 Å². The molecule has 2 rings (SSSR count). The van der Waals surface area contributed by atoms with Gasteiger partial charge in [-0.15, -0.1) is 11.8 Å². The van der Waals surface area contributed by atoms with Crippen molar-refractivity contribution in [3.63, 3.8) is 0 Å². The highest BCUT2D eigenvalue weighted by atomic mass is 32.2. The number of benzene rings is 1. The van der Waals surface area contributed by atoms with Gasteiger partial charge in [-0.3, -0.25) is 9.59 Å². The first-order chi connectivity index (χ1) is 13.8. The normalized spacial score (nSPS) is 15.6. The Kier molecular flexibility index (Phi) is 9.01. The lowest BCUT2D eigenvalue weighted by atomic mass is 9.94. The van der Waals surface area contributed by atoms with Crippen LogP contribution in [0.4, 0.5) is 0 Å². The summed E-state index contributed by atoms with van der Waals surface area (Å²) in [5.41, 5.74) is 0.370. The maximum atomic E-state index is 12.7. The van der Waals surface area contributed by atoms with Gasteiger partial charge in [0.1, 0.15) is 0 Å². The predicted octanol–water partition coefficient (Wildman–Crippen LogP) is 3.64. The number of ether oxygens (including phenoxy) is 1. The Morgan fingerprint density at radius 3 is 2.45 bits per heavy atom. The third-order valence-corrected chi connectivity index (χ3v) is 6.09. The fourth-order valence-corrected chi connectivity index (χ4v) is 4.33. The van der Waals surface area contributed by atoms with Gasteiger partial charge in [-0.1, -0.05) is 31.4 Å². The number of hydrogen-bond acceptors (Lipinski definition) is 5. The molecule has 6 nitrogen and oxygen atoms in total. The van der Waals surface area contributed by atoms with Crippen molar-refractivity contribution in [2.24, 2.45) is 0 Å². The first-order valence-corrected chi connectivity index (χ1v) is 11.3. The number of carbonyl (C=O) groups is 3. The smallest absolute Gasteiger partial charge is 0.340 e. The maximum absolute atomic E-state index is 12.7. The van der Waals surface area contributed by atoms with Crippen LogP contribution in [0.2, 0.25) is 0 Å². The van der Waals surface area contributed by atoms with E-state index in [9.17, 15) is 14.4 Å². The molecular weight excluding hydrogens is 388 g/mol. The second-order valence-corrected chi connectivity index (χ2v) is 8.81. The fourth-order valence-electron chi connectivity index (χ4n) is 3.48. The van der Waals surface area contributed by atoms with E-state index in [0.717, 1.165) is 25.7 Å². The van der Waals surface area contributed by atoms with Crippen LogP contribution in [-0.2, 0) is 14.3 Å². The highest BCUT2D eigenvalue weighted by Crippen LogP contribution is 2.25. The Morgan fingerprint density at radius 1 is 1.14 bits per heavy atom. The highest BCUT2D eigenvalue weighted by Gasteiger charge is 2.28. The molecule has 1 aromatic carbocycles. The van der Waals surface area contributed by atoms with E-state index in [1.165, 1.54) is 18.2 Å². The molecule has 0 unspecified atom stereocenters. The number of rotatable bonds is 8. The molecule has 1 atom stereocenters. The van der Waals surface area contributed by atoms with Crippen molar-refractivity contribution in [1.82, 2.24) is 10.2 Å². The average molecular weight is 421 g/mol. The Labute approximate surface area is 177 Å². The van der Waals surface area contributed by atoms with Crippen LogP contribution in [0.25, 0.3) is 0 Å². The van der Waals surface area contributed by atoms with Gasteiger partial charge >= 0.3 is 5.97 Å². The average Bonchev–Trinajstić information content (AvgIpc) is 2.71. The van der Waals surface area contributed by atoms with E-state index in [4.69, 9.17) is 4.74 Å². The van der Waals surface area contributed by atoms with Crippen molar-refractivity contribution in [3.05, 3.63) is 29.8 Å². The molecular formula is C22H32N2O4S. The zero-order chi connectivity index (χ0) is 21.4. The van der Waals surface area contributed by atoms with E-state index in [2.05, 4.69) is 5.32 Å². The number of esters is 1. The van der Waals surface area contributed by atoms with Crippen LogP contribution in [0, 0.1) is 0 Å². The number of thioether (sulfide) groups is 1. The molecule has 1 aliphatic rings. The number of nitrogens with one attached hydrogen (secondary N) is 1. The third-order valence-electron chi connectivity index (χ3n) is 5.02. The summed E-state index contributed by atoms with van der Waals surface area (Å²) in [6.45, 7) is 5.42. The molecule has 0 spiro atoms. The van der Waals surface area contributed by atoms with Gasteiger partial charge in [-0.2, -0.15) is 0 Å². The molecule has 0 radical (unpaired) electrons. The van der Waals surface area contributed by atoms with Crippen LogP contribution < -0.4 is 5.32 Å². The molecule has 2 amide bonds. The van der Waals surface area contributed by atoms with Crippen molar-refractivity contribution in [3.8, 4) is 0 Å². The van der Waals surface area contributed by atoms with Crippen LogP contribution in [0.1, 0.15) is 63.2 Å². The van der Waals surface area contributed by atoms with Crippen LogP contribution in [0.5, 0.6) is 0 Å². The molecule has 1 aliphatic carbocycles. The van der Waals surface area contributed by atoms with Crippen LogP contribution in [0.15, 0.2) is 29.2 Å². The predicted molar refractivity (Wildman–Crippen MR) is 115 cm³/mol. The molecule has 160 valence electrons. The van der Waals surface area contributed by atoms with Gasteiger partial charge in [0.25, 0.3) is 5.91 Å². The lowest BCUT2D eigenvalue weighted by Gasteiger charge is -2.32. The number of carbonyl (C=O) groups excluding carboxylic acids is 3. The van der Waals surface area contributed by atoms with E-state index in [1.807, 2.05) is 19.9 Å². The number of likely N-dealkylation sites (N-methyl/N-ethyl adjacent to an activating group) is 1. The lowest BCUT2D eigenvalue weighted by molar-refractivity contribution is -0.141. The summed E-state index contributed by atoms with van der Waals surface area (Å²) in [5.74, 6) is -0.603. The molecule has 0 bridgehead atoms. The molecule has 1 N–H and O–H groups in total. The molecule has 0 saturated heterocycles. The minimum absolute atomic E-state index is 0.0660. The Balaban J connectivity index is 1.97. The Morgan fingerprint density at radius 2 is 1.79 bits per heavy atom. The highest BCUT2D eigenvalue weighted by molar-refractivity contribution is 8.00. The second-order valence-electron chi connectivity index (χ2n) is 7.80. The van der Waals surface area contributed by atoms with Gasteiger partial charge in [0.2, 0.25) is 5.91 Å². The summed E-state index contributed by atoms with van der Waals surface area (Å²) in [6.07, 6.45) is 4.63. The van der Waals surface area contributed by atoms with Gasteiger partial charge < -0.3 is 15.0 Å². The number of nitrogens with zero attached hydrogens (tertiary/aromatic N) is 1. The van der Waals surface area contributed by atoms with Crippen LogP contribution >= 0.6 is 11.8 Å². The SMILES string of the molecule is CC(C)NC(=O)CSc1ccccc1C(=O)O[C@H](C)C(=O)N(C)C1CCCCC1. The topological polar surface area (TPSA) is 75.7 Å². The van der Waals surface area contributed by atoms with Gasteiger partial charge in [0.15, 0.2) is 6.10 Å². The molecule has 7 heteroatoms. The summed E-state index contributed by atoms with van der Waals surface area (Å²) in [6, 6.07) is 7.29. The maximum Gasteiger partial charge on any atom is 0.340 e. The summed E-state index contributed by atoms with van der Waals surface area (Å²) >= 11 is 1.28. The zero-order valence-electron chi connectivity index (χ0n) is 17.8. The second kappa shape index (κ2) is 11.2. The van der Waals surface area contributed by atoms with Crippen molar-refractivity contribution >= 4 is 29.5 Å². The number of amides is 2. The van der Waals surface area contributed by atoms with Gasteiger partial charge in [-0.05, 0) is 45.7 Å². The van der Waals surface area contributed by atoms with E-state index >= 15 is 0 Å². The van der Waals surface area contributed by atoms with E-state index in [0.29, 0.717) is 10.5 Å². The van der Waals surface area contributed by atoms with Crippen molar-refractivity contribution in [1.29, 1.82) is 0 Å². The van der Waals surface area contributed by atoms with E-state index in [1.54, 1.807) is 37.1 Å². The van der Waals surface area contributed by atoms with Crippen LogP contribution in [0.3, 0.4) is 0 Å². The summed E-state index contributed by atoms with van der Waals surface area (Å²) < 4.78 is 5.48. The van der Waals surface area contributed by atoms with Gasteiger partial charge in [0.05, 0.1) is 11.3 Å². The quantitative estimate of drug-likeness (QED) is 0.513. The first-order valence-electron chi connectivity index (χ1n) is 10.3. The number of hydrogen-bond donors (Lipinski definition) is 1. The molecule has 1 aromatic rings. The standard InChI is InChI=1S/C22H32N2O4S/c1-15(2)23-20(25)14-29-19-13-9-8-12-18(19)22(27)28-16(3)21(26)24(4)17-10-6-5-7-11-17/h8-9,12-13,15-17H,5-7,10-11,14H2,1-4H3,(H,23,25)/t16-/m1/s1. The van der Waals surface area contributed by atoms with Crippen molar-refractivity contribution in [2.75, 3.05) is 12.8 Å². The minimum atomic E-state index is -0.850. The van der Waals surface area contributed by atoms with Gasteiger partial charge in [-0.25, -0.2) is 4.79 Å². The molecule has 0 aliphatic heterocycles. The van der Waals surface area contributed by atoms with Crippen molar-refractivity contribution in [2.45, 2.75) is 76.0 Å². The molecule has 1 saturated carbocycles. The minimum Gasteiger partial charge on any atom is -0.449 e. The largest absolute Gasteiger partial charge is 0.449 e. The van der Waals surface area contributed by atoms with Crippen LogP contribution in [-0.4, -0.2) is 53.7 Å². The molecule has 0 heterocycles. The molecule has 0 aromatic heterocycles. The molecule has 29 heavy (non-hydrogen) atoms. The zero-order valence-corrected chi connectivity index (χ0v) is 18.6. The van der Waals surface area contributed by atoms with Crippen molar-refractivity contribution < 1.29 is 19.1 Å². The third kappa shape index (κ3) is 7.07. The summed E-state index contributed by atoms with van der Waals surface area (Å²) in [7, 11) is 1.79. The fraction of sp³-hybridized carbons (Fsp3) is 0.591. The monoisotopic (exact) mass is 420 g/mol. The van der Waals surface area contributed by atoms with Gasteiger partial charge in [0, 0.05) is 24.0 Å².